The largest absolute Gasteiger partial charge is 0.381 e. The highest BCUT2D eigenvalue weighted by Gasteiger charge is 1.94. The van der Waals surface area contributed by atoms with E-state index in [2.05, 4.69) is 6.58 Å². The zero-order valence-electron chi connectivity index (χ0n) is 5.81. The van der Waals surface area contributed by atoms with Crippen molar-refractivity contribution in [1.29, 1.82) is 0 Å². The lowest BCUT2D eigenvalue weighted by Crippen LogP contribution is -1.74. The molecule has 0 bridgehead atoms. The van der Waals surface area contributed by atoms with Gasteiger partial charge in [0.2, 0.25) is 5.24 Å². The van der Waals surface area contributed by atoms with Gasteiger partial charge in [0, 0.05) is 13.2 Å². The van der Waals surface area contributed by atoms with Crippen LogP contribution < -0.4 is 0 Å². The fourth-order valence-corrected chi connectivity index (χ4v) is 0.510. The van der Waals surface area contributed by atoms with Gasteiger partial charge in [-0.2, -0.15) is 0 Å². The first kappa shape index (κ1) is 9.66. The van der Waals surface area contributed by atoms with Crippen LogP contribution in [0.15, 0.2) is 12.7 Å². The molecule has 1 aliphatic heterocycles. The van der Waals surface area contributed by atoms with Crippen LogP contribution in [0.25, 0.3) is 0 Å². The Morgan fingerprint density at radius 2 is 1.90 bits per heavy atom. The van der Waals surface area contributed by atoms with Gasteiger partial charge >= 0.3 is 0 Å². The van der Waals surface area contributed by atoms with Gasteiger partial charge in [0.05, 0.1) is 0 Å². The molecule has 10 heavy (non-hydrogen) atoms. The molecular weight excluding hydrogens is 152 g/mol. The van der Waals surface area contributed by atoms with E-state index >= 15 is 0 Å². The van der Waals surface area contributed by atoms with E-state index in [9.17, 15) is 4.79 Å². The highest BCUT2D eigenvalue weighted by molar-refractivity contribution is 6.66. The fraction of sp³-hybridized carbons (Fsp3) is 0.571. The van der Waals surface area contributed by atoms with Crippen molar-refractivity contribution in [3.8, 4) is 0 Å². The smallest absolute Gasteiger partial charge is 0.244 e. The average molecular weight is 163 g/mol. The van der Waals surface area contributed by atoms with Gasteiger partial charge < -0.3 is 4.74 Å². The minimum absolute atomic E-state index is 0.509. The van der Waals surface area contributed by atoms with Gasteiger partial charge in [-0.1, -0.05) is 6.58 Å². The molecule has 0 aromatic rings. The summed E-state index contributed by atoms with van der Waals surface area (Å²) >= 11 is 4.71. The molecule has 1 saturated heterocycles. The molecule has 3 heteroatoms. The summed E-state index contributed by atoms with van der Waals surface area (Å²) in [6.07, 6.45) is 3.60. The minimum atomic E-state index is -0.509. The molecule has 0 spiro atoms. The van der Waals surface area contributed by atoms with Crippen LogP contribution in [-0.2, 0) is 9.53 Å². The van der Waals surface area contributed by atoms with Crippen molar-refractivity contribution in [3.63, 3.8) is 0 Å². The molecule has 1 fully saturated rings. The molecule has 0 radical (unpaired) electrons. The Balaban J connectivity index is 0.000000162. The molecule has 0 unspecified atom stereocenters. The highest BCUT2D eigenvalue weighted by atomic mass is 35.5. The molecule has 0 aliphatic carbocycles. The number of halogens is 1. The lowest BCUT2D eigenvalue weighted by Gasteiger charge is -1.76. The fourth-order valence-electron chi connectivity index (χ4n) is 0.510. The molecule has 0 N–H and O–H groups in total. The SMILES string of the molecule is C1CCOC1.C=CC(=O)Cl. The predicted octanol–water partition coefficient (Wildman–Crippen LogP) is 1.73. The first-order chi connectivity index (χ1) is 4.77. The molecule has 0 amide bonds. The lowest BCUT2D eigenvalue weighted by molar-refractivity contribution is -0.107. The lowest BCUT2D eigenvalue weighted by atomic mass is 10.4. The molecular formula is C7H11ClO2. The van der Waals surface area contributed by atoms with E-state index in [1.165, 1.54) is 12.8 Å². The van der Waals surface area contributed by atoms with Gasteiger partial charge in [0.15, 0.2) is 0 Å². The molecule has 0 aromatic heterocycles. The van der Waals surface area contributed by atoms with Gasteiger partial charge in [-0.15, -0.1) is 0 Å². The number of ether oxygens (including phenoxy) is 1. The molecule has 0 atom stereocenters. The van der Waals surface area contributed by atoms with E-state index in [-0.39, 0.29) is 0 Å². The van der Waals surface area contributed by atoms with Crippen molar-refractivity contribution in [2.24, 2.45) is 0 Å². The van der Waals surface area contributed by atoms with E-state index in [1.807, 2.05) is 0 Å². The maximum absolute atomic E-state index is 9.46. The summed E-state index contributed by atoms with van der Waals surface area (Å²) in [6.45, 7) is 5.08. The van der Waals surface area contributed by atoms with Gasteiger partial charge in [-0.3, -0.25) is 4.79 Å². The van der Waals surface area contributed by atoms with E-state index in [1.54, 1.807) is 0 Å². The number of hydrogen-bond acceptors (Lipinski definition) is 2. The van der Waals surface area contributed by atoms with Gasteiger partial charge in [-0.05, 0) is 30.5 Å². The van der Waals surface area contributed by atoms with E-state index in [4.69, 9.17) is 16.3 Å². The number of carbonyl (C=O) groups excluding carboxylic acids is 1. The number of rotatable bonds is 1. The predicted molar refractivity (Wildman–Crippen MR) is 41.1 cm³/mol. The summed E-state index contributed by atoms with van der Waals surface area (Å²) in [6, 6.07) is 0. The number of carbonyl (C=O) groups is 1. The maximum Gasteiger partial charge on any atom is 0.244 e. The van der Waals surface area contributed by atoms with Crippen LogP contribution in [0.2, 0.25) is 0 Å². The van der Waals surface area contributed by atoms with Crippen LogP contribution >= 0.6 is 11.6 Å². The summed E-state index contributed by atoms with van der Waals surface area (Å²) in [4.78, 5) is 9.46. The van der Waals surface area contributed by atoms with Crippen LogP contribution in [0.3, 0.4) is 0 Å². The van der Waals surface area contributed by atoms with Gasteiger partial charge in [-0.25, -0.2) is 0 Å². The second-order valence-corrected chi connectivity index (χ2v) is 2.20. The van der Waals surface area contributed by atoms with Crippen molar-refractivity contribution < 1.29 is 9.53 Å². The van der Waals surface area contributed by atoms with Gasteiger partial charge in [0.25, 0.3) is 0 Å². The Hall–Kier alpha value is -0.340. The normalized spacial score (nSPS) is 15.3. The average Bonchev–Trinajstić information content (AvgIpc) is 2.43. The Morgan fingerprint density at radius 1 is 1.50 bits per heavy atom. The number of allylic oxidation sites excluding steroid dienone is 1. The third kappa shape index (κ3) is 7.66. The molecule has 2 nitrogen and oxygen atoms in total. The van der Waals surface area contributed by atoms with Crippen LogP contribution in [-0.4, -0.2) is 18.5 Å². The standard InChI is InChI=1S/C4H8O.C3H3ClO/c1-2-4-5-3-1;1-2-3(4)5/h1-4H2;2H,1H2. The topological polar surface area (TPSA) is 26.3 Å². The van der Waals surface area contributed by atoms with Crippen molar-refractivity contribution in [2.45, 2.75) is 12.8 Å². The minimum Gasteiger partial charge on any atom is -0.381 e. The van der Waals surface area contributed by atoms with Crippen LogP contribution in [0, 0.1) is 0 Å². The Labute approximate surface area is 65.8 Å². The highest BCUT2D eigenvalue weighted by Crippen LogP contribution is 1.98. The second kappa shape index (κ2) is 6.78. The molecule has 1 heterocycles. The maximum atomic E-state index is 9.46. The summed E-state index contributed by atoms with van der Waals surface area (Å²) in [5.74, 6) is 0. The summed E-state index contributed by atoms with van der Waals surface area (Å²) in [5, 5.41) is -0.509. The zero-order valence-corrected chi connectivity index (χ0v) is 6.56. The molecule has 1 rings (SSSR count). The van der Waals surface area contributed by atoms with E-state index in [0.717, 1.165) is 19.3 Å². The number of hydrogen-bond donors (Lipinski definition) is 0. The first-order valence-electron chi connectivity index (χ1n) is 3.17. The van der Waals surface area contributed by atoms with Crippen LogP contribution in [0.4, 0.5) is 0 Å². The molecule has 0 aromatic carbocycles. The Kier molecular flexibility index (Phi) is 6.55. The first-order valence-corrected chi connectivity index (χ1v) is 3.55. The zero-order chi connectivity index (χ0) is 7.82. The van der Waals surface area contributed by atoms with E-state index in [0.29, 0.717) is 0 Å². The monoisotopic (exact) mass is 162 g/mol. The Morgan fingerprint density at radius 3 is 2.00 bits per heavy atom. The third-order valence-corrected chi connectivity index (χ3v) is 1.14. The van der Waals surface area contributed by atoms with Crippen molar-refractivity contribution in [2.75, 3.05) is 13.2 Å². The summed E-state index contributed by atoms with van der Waals surface area (Å²) < 4.78 is 4.94. The van der Waals surface area contributed by atoms with Gasteiger partial charge in [0.1, 0.15) is 0 Å². The van der Waals surface area contributed by atoms with E-state index < -0.39 is 5.24 Å². The summed E-state index contributed by atoms with van der Waals surface area (Å²) in [7, 11) is 0. The molecule has 1 aliphatic rings. The third-order valence-electron chi connectivity index (χ3n) is 0.988. The molecule has 58 valence electrons. The van der Waals surface area contributed by atoms with Crippen LogP contribution in [0.5, 0.6) is 0 Å². The quantitative estimate of drug-likeness (QED) is 0.434. The molecule has 0 saturated carbocycles. The summed E-state index contributed by atoms with van der Waals surface area (Å²) in [5.41, 5.74) is 0. The second-order valence-electron chi connectivity index (χ2n) is 1.83. The van der Waals surface area contributed by atoms with Crippen LogP contribution in [0.1, 0.15) is 12.8 Å². The van der Waals surface area contributed by atoms with Crippen molar-refractivity contribution >= 4 is 16.8 Å². The van der Waals surface area contributed by atoms with Crippen molar-refractivity contribution in [3.05, 3.63) is 12.7 Å². The Bertz CT molecular complexity index is 101. The van der Waals surface area contributed by atoms with Crippen molar-refractivity contribution in [1.82, 2.24) is 0 Å².